The Hall–Kier alpha value is -0.600. The summed E-state index contributed by atoms with van der Waals surface area (Å²) in [4.78, 5) is 8.58. The van der Waals surface area contributed by atoms with Crippen molar-refractivity contribution in [3.63, 3.8) is 0 Å². The third-order valence-corrected chi connectivity index (χ3v) is 0.797. The summed E-state index contributed by atoms with van der Waals surface area (Å²) >= 11 is 0. The Kier molecular flexibility index (Phi) is 19.2. The summed E-state index contributed by atoms with van der Waals surface area (Å²) in [6, 6.07) is 0. The first-order valence-corrected chi connectivity index (χ1v) is 3.70. The maximum absolute atomic E-state index is 4.36. The molecule has 0 fully saturated rings. The Bertz CT molecular complexity index is 79.6. The quantitative estimate of drug-likeness (QED) is 0.265. The summed E-state index contributed by atoms with van der Waals surface area (Å²) in [5.74, 6) is 0. The van der Waals surface area contributed by atoms with Gasteiger partial charge in [0, 0.05) is 0 Å². The van der Waals surface area contributed by atoms with Gasteiger partial charge in [-0.15, -0.1) is 13.2 Å². The van der Waals surface area contributed by atoms with Gasteiger partial charge in [0.1, 0.15) is 6.61 Å². The predicted molar refractivity (Wildman–Crippen MR) is 48.3 cm³/mol. The van der Waals surface area contributed by atoms with E-state index in [9.17, 15) is 0 Å². The van der Waals surface area contributed by atoms with Crippen LogP contribution in [0.25, 0.3) is 0 Å². The van der Waals surface area contributed by atoms with E-state index in [1.54, 1.807) is 6.08 Å². The van der Waals surface area contributed by atoms with E-state index >= 15 is 0 Å². The minimum Gasteiger partial charge on any atom is -0.240 e. The van der Waals surface area contributed by atoms with Crippen LogP contribution in [0, 0.1) is 0 Å². The molecule has 0 aromatic heterocycles. The first-order chi connectivity index (χ1) is 5.33. The summed E-state index contributed by atoms with van der Waals surface area (Å²) in [5.41, 5.74) is 0. The van der Waals surface area contributed by atoms with Crippen LogP contribution in [-0.2, 0) is 9.78 Å². The highest BCUT2D eigenvalue weighted by molar-refractivity contribution is 4.63. The van der Waals surface area contributed by atoms with Crippen molar-refractivity contribution in [3.8, 4) is 0 Å². The molecule has 0 bridgehead atoms. The van der Waals surface area contributed by atoms with E-state index in [-0.39, 0.29) is 0 Å². The fourth-order valence-corrected chi connectivity index (χ4v) is 0.320. The summed E-state index contributed by atoms with van der Waals surface area (Å²) in [7, 11) is 1.46. The highest BCUT2D eigenvalue weighted by Gasteiger charge is 1.68. The van der Waals surface area contributed by atoms with Crippen molar-refractivity contribution in [2.75, 3.05) is 13.7 Å². The highest BCUT2D eigenvalue weighted by Crippen LogP contribution is 1.82. The molecular weight excluding hydrogens is 140 g/mol. The molecular formula is C9H18O2. The Morgan fingerprint density at radius 1 is 1.27 bits per heavy atom. The third kappa shape index (κ3) is 26.6. The molecule has 0 atom stereocenters. The van der Waals surface area contributed by atoms with Crippen LogP contribution in [0.3, 0.4) is 0 Å². The molecule has 2 nitrogen and oxygen atoms in total. The van der Waals surface area contributed by atoms with E-state index in [2.05, 4.69) is 29.9 Å². The SMILES string of the molecule is C=CCCC.C=CCOOC. The van der Waals surface area contributed by atoms with Gasteiger partial charge in [0.2, 0.25) is 0 Å². The van der Waals surface area contributed by atoms with E-state index < -0.39 is 0 Å². The second kappa shape index (κ2) is 16.2. The first kappa shape index (κ1) is 13.0. The molecule has 0 aromatic carbocycles. The molecule has 0 unspecified atom stereocenters. The lowest BCUT2D eigenvalue weighted by Gasteiger charge is -1.88. The van der Waals surface area contributed by atoms with Crippen molar-refractivity contribution in [3.05, 3.63) is 25.3 Å². The molecule has 2 heteroatoms. The van der Waals surface area contributed by atoms with Crippen LogP contribution in [0.5, 0.6) is 0 Å². The lowest BCUT2D eigenvalue weighted by molar-refractivity contribution is -0.263. The van der Waals surface area contributed by atoms with E-state index in [0.717, 1.165) is 6.42 Å². The van der Waals surface area contributed by atoms with Crippen molar-refractivity contribution in [2.24, 2.45) is 0 Å². The van der Waals surface area contributed by atoms with Gasteiger partial charge in [-0.25, -0.2) is 9.78 Å². The van der Waals surface area contributed by atoms with Crippen LogP contribution in [0.4, 0.5) is 0 Å². The summed E-state index contributed by atoms with van der Waals surface area (Å²) in [5, 5.41) is 0. The first-order valence-electron chi connectivity index (χ1n) is 3.70. The fourth-order valence-electron chi connectivity index (χ4n) is 0.320. The van der Waals surface area contributed by atoms with E-state index in [1.165, 1.54) is 13.5 Å². The van der Waals surface area contributed by atoms with Gasteiger partial charge in [-0.1, -0.05) is 25.5 Å². The maximum Gasteiger partial charge on any atom is 0.100 e. The van der Waals surface area contributed by atoms with Gasteiger partial charge in [-0.2, -0.15) is 0 Å². The second-order valence-electron chi connectivity index (χ2n) is 1.82. The van der Waals surface area contributed by atoms with Gasteiger partial charge in [0.15, 0.2) is 0 Å². The van der Waals surface area contributed by atoms with Gasteiger partial charge in [-0.05, 0) is 6.42 Å². The summed E-state index contributed by atoms with van der Waals surface area (Å²) in [6.45, 7) is 9.54. The molecule has 0 rings (SSSR count). The summed E-state index contributed by atoms with van der Waals surface area (Å²) in [6.07, 6.45) is 5.92. The zero-order valence-corrected chi connectivity index (χ0v) is 7.51. The van der Waals surface area contributed by atoms with Crippen molar-refractivity contribution >= 4 is 0 Å². The number of allylic oxidation sites excluding steroid dienone is 1. The smallest absolute Gasteiger partial charge is 0.100 e. The van der Waals surface area contributed by atoms with Crippen molar-refractivity contribution in [1.29, 1.82) is 0 Å². The Balaban J connectivity index is 0. The molecule has 0 saturated carbocycles. The predicted octanol–water partition coefficient (Wildman–Crippen LogP) is 2.72. The minimum absolute atomic E-state index is 0.455. The zero-order chi connectivity index (χ0) is 8.95. The zero-order valence-electron chi connectivity index (χ0n) is 7.51. The largest absolute Gasteiger partial charge is 0.240 e. The van der Waals surface area contributed by atoms with E-state index in [0.29, 0.717) is 6.61 Å². The number of hydrogen-bond donors (Lipinski definition) is 0. The highest BCUT2D eigenvalue weighted by atomic mass is 17.2. The molecule has 0 aliphatic heterocycles. The van der Waals surface area contributed by atoms with Crippen LogP contribution < -0.4 is 0 Å². The van der Waals surface area contributed by atoms with Gasteiger partial charge in [-0.3, -0.25) is 0 Å². The van der Waals surface area contributed by atoms with Gasteiger partial charge >= 0.3 is 0 Å². The van der Waals surface area contributed by atoms with Crippen LogP contribution >= 0.6 is 0 Å². The van der Waals surface area contributed by atoms with Crippen LogP contribution in [0.2, 0.25) is 0 Å². The fraction of sp³-hybridized carbons (Fsp3) is 0.556. The molecule has 11 heavy (non-hydrogen) atoms. The molecule has 0 amide bonds. The second-order valence-corrected chi connectivity index (χ2v) is 1.82. The van der Waals surface area contributed by atoms with Gasteiger partial charge in [0.25, 0.3) is 0 Å². The minimum atomic E-state index is 0.455. The lowest BCUT2D eigenvalue weighted by atomic mass is 10.3. The Morgan fingerprint density at radius 2 is 1.91 bits per heavy atom. The average Bonchev–Trinajstić information content (AvgIpc) is 2.04. The van der Waals surface area contributed by atoms with Crippen LogP contribution in [0.15, 0.2) is 25.3 Å². The van der Waals surface area contributed by atoms with Gasteiger partial charge < -0.3 is 0 Å². The lowest BCUT2D eigenvalue weighted by Crippen LogP contribution is -1.85. The van der Waals surface area contributed by atoms with E-state index in [1.807, 2.05) is 6.08 Å². The van der Waals surface area contributed by atoms with Gasteiger partial charge in [0.05, 0.1) is 7.11 Å². The van der Waals surface area contributed by atoms with E-state index in [4.69, 9.17) is 0 Å². The van der Waals surface area contributed by atoms with Crippen molar-refractivity contribution < 1.29 is 9.78 Å². The number of hydrogen-bond acceptors (Lipinski definition) is 2. The van der Waals surface area contributed by atoms with Crippen molar-refractivity contribution in [1.82, 2.24) is 0 Å². The molecule has 0 aliphatic rings. The molecule has 66 valence electrons. The molecule has 0 aromatic rings. The third-order valence-electron chi connectivity index (χ3n) is 0.797. The topological polar surface area (TPSA) is 18.5 Å². The standard InChI is InChI=1S/C5H10.C4H8O2/c1-3-5-4-2;1-3-4-6-5-2/h3H,1,4-5H2,2H3;3H,1,4H2,2H3. The maximum atomic E-state index is 4.36. The normalized spacial score (nSPS) is 7.82. The summed E-state index contributed by atoms with van der Waals surface area (Å²) < 4.78 is 0. The molecule has 0 aliphatic carbocycles. The molecule has 0 saturated heterocycles. The Morgan fingerprint density at radius 3 is 2.00 bits per heavy atom. The number of rotatable bonds is 5. The number of unbranched alkanes of at least 4 members (excludes halogenated alkanes) is 1. The van der Waals surface area contributed by atoms with Crippen LogP contribution in [-0.4, -0.2) is 13.7 Å². The Labute approximate surface area is 69.4 Å². The monoisotopic (exact) mass is 158 g/mol. The molecule has 0 radical (unpaired) electrons. The van der Waals surface area contributed by atoms with Crippen molar-refractivity contribution in [2.45, 2.75) is 19.8 Å². The molecule has 0 heterocycles. The molecule has 0 N–H and O–H groups in total. The average molecular weight is 158 g/mol. The van der Waals surface area contributed by atoms with Crippen LogP contribution in [0.1, 0.15) is 19.8 Å². The molecule has 0 spiro atoms.